The van der Waals surface area contributed by atoms with E-state index in [2.05, 4.69) is 29.6 Å². The van der Waals surface area contributed by atoms with Gasteiger partial charge in [0.1, 0.15) is 5.82 Å². The molecule has 1 saturated carbocycles. The molecule has 1 N–H and O–H groups in total. The van der Waals surface area contributed by atoms with Crippen molar-refractivity contribution < 1.29 is 4.74 Å². The Balaban J connectivity index is 1.54. The second kappa shape index (κ2) is 8.42. The lowest BCUT2D eigenvalue weighted by Crippen LogP contribution is -2.26. The van der Waals surface area contributed by atoms with Crippen LogP contribution in [0.15, 0.2) is 42.5 Å². The highest BCUT2D eigenvalue weighted by molar-refractivity contribution is 6.36. The molecule has 2 unspecified atom stereocenters. The van der Waals surface area contributed by atoms with E-state index >= 15 is 0 Å². The van der Waals surface area contributed by atoms with Gasteiger partial charge in [-0.2, -0.15) is 0 Å². The Morgan fingerprint density at radius 3 is 2.65 bits per heavy atom. The normalized spacial score (nSPS) is 20.0. The summed E-state index contributed by atoms with van der Waals surface area (Å²) in [6, 6.07) is 14.1. The molecule has 4 nitrogen and oxygen atoms in total. The zero-order chi connectivity index (χ0) is 21.5. The third-order valence-electron chi connectivity index (χ3n) is 6.10. The molecule has 31 heavy (non-hydrogen) atoms. The quantitative estimate of drug-likeness (QED) is 0.448. The van der Waals surface area contributed by atoms with Gasteiger partial charge in [-0.05, 0) is 56.0 Å². The molecule has 3 aromatic rings. The van der Waals surface area contributed by atoms with Crippen LogP contribution in [-0.2, 0) is 11.2 Å². The molecule has 0 radical (unpaired) electrons. The van der Waals surface area contributed by atoms with Crippen molar-refractivity contribution in [1.29, 1.82) is 0 Å². The molecule has 1 fully saturated rings. The Kier molecular flexibility index (Phi) is 5.63. The molecule has 0 bridgehead atoms. The summed E-state index contributed by atoms with van der Waals surface area (Å²) in [5, 5.41) is 4.92. The first-order valence-electron chi connectivity index (χ1n) is 10.8. The van der Waals surface area contributed by atoms with E-state index in [9.17, 15) is 0 Å². The number of anilines is 1. The van der Waals surface area contributed by atoms with E-state index in [1.54, 1.807) is 6.07 Å². The number of aromatic nitrogens is 2. The summed E-state index contributed by atoms with van der Waals surface area (Å²) in [7, 11) is 0. The van der Waals surface area contributed by atoms with Crippen LogP contribution < -0.4 is 5.32 Å². The molecule has 2 atom stereocenters. The van der Waals surface area contributed by atoms with Gasteiger partial charge < -0.3 is 10.1 Å². The minimum atomic E-state index is 0.0623. The van der Waals surface area contributed by atoms with Crippen LogP contribution >= 0.6 is 23.2 Å². The van der Waals surface area contributed by atoms with E-state index < -0.39 is 0 Å². The largest absolute Gasteiger partial charge is 0.376 e. The highest BCUT2D eigenvalue weighted by Crippen LogP contribution is 2.45. The molecule has 5 rings (SSSR count). The van der Waals surface area contributed by atoms with Gasteiger partial charge in [0.05, 0.1) is 34.3 Å². The molecule has 6 heteroatoms. The monoisotopic (exact) mass is 453 g/mol. The minimum absolute atomic E-state index is 0.0623. The number of hydrogen-bond donors (Lipinski definition) is 1. The zero-order valence-corrected chi connectivity index (χ0v) is 19.2. The van der Waals surface area contributed by atoms with E-state index in [4.69, 9.17) is 37.9 Å². The predicted molar refractivity (Wildman–Crippen MR) is 126 cm³/mol. The molecule has 2 aliphatic rings. The highest BCUT2D eigenvalue weighted by atomic mass is 35.5. The van der Waals surface area contributed by atoms with Crippen molar-refractivity contribution >= 4 is 29.0 Å². The Morgan fingerprint density at radius 1 is 1.10 bits per heavy atom. The first-order chi connectivity index (χ1) is 15.0. The number of nitrogens with zero attached hydrogens (tertiary/aromatic N) is 2. The molecule has 160 valence electrons. The highest BCUT2D eigenvalue weighted by Gasteiger charge is 2.36. The lowest BCUT2D eigenvalue weighted by molar-refractivity contribution is 0.0573. The number of ether oxygens (including phenoxy) is 1. The predicted octanol–water partition coefficient (Wildman–Crippen LogP) is 6.75. The Morgan fingerprint density at radius 2 is 1.90 bits per heavy atom. The smallest absolute Gasteiger partial charge is 0.148 e. The van der Waals surface area contributed by atoms with Crippen molar-refractivity contribution in [3.63, 3.8) is 0 Å². The van der Waals surface area contributed by atoms with Crippen molar-refractivity contribution in [3.05, 3.63) is 75.0 Å². The average molecular weight is 454 g/mol. The third-order valence-corrected chi connectivity index (χ3v) is 6.65. The fourth-order valence-electron chi connectivity index (χ4n) is 4.46. The van der Waals surface area contributed by atoms with Gasteiger partial charge in [-0.3, -0.25) is 0 Å². The molecule has 1 aromatic heterocycles. The van der Waals surface area contributed by atoms with E-state index in [0.717, 1.165) is 47.7 Å². The Hall–Kier alpha value is -2.14. The van der Waals surface area contributed by atoms with Crippen molar-refractivity contribution in [2.75, 3.05) is 11.9 Å². The van der Waals surface area contributed by atoms with E-state index in [1.165, 1.54) is 11.1 Å². The van der Waals surface area contributed by atoms with E-state index in [1.807, 2.05) is 26.0 Å². The molecule has 1 heterocycles. The van der Waals surface area contributed by atoms with E-state index in [0.29, 0.717) is 22.6 Å². The van der Waals surface area contributed by atoms with Crippen LogP contribution in [0.3, 0.4) is 0 Å². The zero-order valence-electron chi connectivity index (χ0n) is 17.7. The van der Waals surface area contributed by atoms with Gasteiger partial charge in [-0.25, -0.2) is 9.97 Å². The molecular formula is C25H25Cl2N3O. The van der Waals surface area contributed by atoms with Crippen LogP contribution in [-0.4, -0.2) is 22.7 Å². The summed E-state index contributed by atoms with van der Waals surface area (Å²) in [5.74, 6) is 1.29. The number of nitrogens with one attached hydrogen (secondary N) is 1. The second-order valence-corrected chi connectivity index (χ2v) is 9.15. The maximum absolute atomic E-state index is 6.49. The number of benzene rings is 2. The van der Waals surface area contributed by atoms with Gasteiger partial charge in [0.15, 0.2) is 0 Å². The topological polar surface area (TPSA) is 47.0 Å². The maximum atomic E-state index is 6.49. The average Bonchev–Trinajstić information content (AvgIpc) is 3.53. The maximum Gasteiger partial charge on any atom is 0.148 e. The van der Waals surface area contributed by atoms with Crippen molar-refractivity contribution in [1.82, 2.24) is 9.97 Å². The standard InChI is InChI=1S/C25H25Cl2N3O/c1-3-31-21-12-16-6-4-5-7-18(16)24(21)30-25-23(15-8-9-15)29-22(14(2)28-25)19-11-10-17(26)13-20(19)27/h4-7,10-11,13,15,21,24H,3,8-9,12H2,1-2H3,(H,28,30). The van der Waals surface area contributed by atoms with Crippen molar-refractivity contribution in [2.45, 2.75) is 51.2 Å². The fraction of sp³-hybridized carbons (Fsp3) is 0.360. The van der Waals surface area contributed by atoms with Crippen molar-refractivity contribution in [3.8, 4) is 11.3 Å². The van der Waals surface area contributed by atoms with Crippen LogP contribution in [0.5, 0.6) is 0 Å². The summed E-state index contributed by atoms with van der Waals surface area (Å²) in [5.41, 5.74) is 6.17. The molecule has 0 spiro atoms. The summed E-state index contributed by atoms with van der Waals surface area (Å²) in [6.07, 6.45) is 3.26. The molecule has 0 aliphatic heterocycles. The number of aryl methyl sites for hydroxylation is 1. The first kappa shape index (κ1) is 20.7. The van der Waals surface area contributed by atoms with E-state index in [-0.39, 0.29) is 12.1 Å². The van der Waals surface area contributed by atoms with Gasteiger partial charge in [-0.15, -0.1) is 0 Å². The number of fused-ring (bicyclic) bond motifs is 1. The lowest BCUT2D eigenvalue weighted by Gasteiger charge is -2.24. The Bertz CT molecular complexity index is 1130. The summed E-state index contributed by atoms with van der Waals surface area (Å²) < 4.78 is 6.10. The van der Waals surface area contributed by atoms with Crippen LogP contribution in [0.25, 0.3) is 11.3 Å². The van der Waals surface area contributed by atoms with Crippen LogP contribution in [0.4, 0.5) is 5.82 Å². The number of hydrogen-bond acceptors (Lipinski definition) is 4. The van der Waals surface area contributed by atoms with Gasteiger partial charge in [-0.1, -0.05) is 47.5 Å². The van der Waals surface area contributed by atoms with Gasteiger partial charge >= 0.3 is 0 Å². The van der Waals surface area contributed by atoms with Crippen LogP contribution in [0.2, 0.25) is 10.0 Å². The van der Waals surface area contributed by atoms with Crippen LogP contribution in [0.1, 0.15) is 54.2 Å². The third kappa shape index (κ3) is 4.05. The van der Waals surface area contributed by atoms with Crippen LogP contribution in [0, 0.1) is 6.92 Å². The summed E-state index contributed by atoms with van der Waals surface area (Å²) >= 11 is 12.6. The molecular weight excluding hydrogens is 429 g/mol. The van der Waals surface area contributed by atoms with Gasteiger partial charge in [0, 0.05) is 29.5 Å². The molecule has 2 aliphatic carbocycles. The fourth-order valence-corrected chi connectivity index (χ4v) is 4.96. The molecule has 0 amide bonds. The summed E-state index contributed by atoms with van der Waals surface area (Å²) in [4.78, 5) is 10.1. The van der Waals surface area contributed by atoms with Gasteiger partial charge in [0.25, 0.3) is 0 Å². The van der Waals surface area contributed by atoms with Gasteiger partial charge in [0.2, 0.25) is 0 Å². The first-order valence-corrected chi connectivity index (χ1v) is 11.6. The minimum Gasteiger partial charge on any atom is -0.376 e. The SMILES string of the molecule is CCOC1Cc2ccccc2C1Nc1nc(C)c(-c2ccc(Cl)cc2Cl)nc1C1CC1. The summed E-state index contributed by atoms with van der Waals surface area (Å²) in [6.45, 7) is 4.72. The molecule has 2 aromatic carbocycles. The van der Waals surface area contributed by atoms with Crippen molar-refractivity contribution in [2.24, 2.45) is 0 Å². The number of rotatable bonds is 6. The Labute approximate surface area is 193 Å². The number of halogens is 2. The lowest BCUT2D eigenvalue weighted by atomic mass is 10.1. The molecule has 0 saturated heterocycles. The second-order valence-electron chi connectivity index (χ2n) is 8.31.